The second kappa shape index (κ2) is 5.37. The highest BCUT2D eigenvalue weighted by molar-refractivity contribution is 9.25. The Morgan fingerprint density at radius 3 is 2.20 bits per heavy atom. The average Bonchev–Trinajstić information content (AvgIpc) is 2.96. The Morgan fingerprint density at radius 2 is 1.75 bits per heavy atom. The number of ether oxygens (including phenoxy) is 1. The fourth-order valence-corrected chi connectivity index (χ4v) is 3.19. The van der Waals surface area contributed by atoms with Gasteiger partial charge < -0.3 is 4.74 Å². The van der Waals surface area contributed by atoms with Crippen LogP contribution in [-0.2, 0) is 4.79 Å². The topological polar surface area (TPSA) is 67.4 Å². The minimum atomic E-state index is -0.569. The molecule has 2 N–H and O–H groups in total. The van der Waals surface area contributed by atoms with E-state index in [-0.39, 0.29) is 15.0 Å². The molecule has 0 radical (unpaired) electrons. The molecular weight excluding hydrogens is 392 g/mol. The van der Waals surface area contributed by atoms with Gasteiger partial charge in [0.25, 0.3) is 5.91 Å². The summed E-state index contributed by atoms with van der Waals surface area (Å²) in [6, 6.07) is 6.61. The first-order valence-electron chi connectivity index (χ1n) is 5.93. The van der Waals surface area contributed by atoms with Crippen molar-refractivity contribution in [3.63, 3.8) is 0 Å². The number of alkyl halides is 2. The van der Waals surface area contributed by atoms with Crippen LogP contribution in [0.25, 0.3) is 0 Å². The lowest BCUT2D eigenvalue weighted by atomic mass is 10.1. The van der Waals surface area contributed by atoms with Gasteiger partial charge in [0.05, 0.1) is 15.8 Å². The minimum Gasteiger partial charge on any atom is -0.497 e. The molecule has 1 saturated carbocycles. The monoisotopic (exact) mass is 404 g/mol. The molecule has 108 valence electrons. The van der Waals surface area contributed by atoms with Crippen LogP contribution >= 0.6 is 31.9 Å². The summed E-state index contributed by atoms with van der Waals surface area (Å²) in [4.78, 5) is 23.8. The number of carbonyl (C=O) groups excluding carboxylic acids is 2. The zero-order valence-electron chi connectivity index (χ0n) is 11.0. The number of rotatable bonds is 3. The van der Waals surface area contributed by atoms with E-state index in [2.05, 4.69) is 42.7 Å². The van der Waals surface area contributed by atoms with Crippen molar-refractivity contribution >= 4 is 43.7 Å². The fourth-order valence-electron chi connectivity index (χ4n) is 1.71. The molecule has 0 heterocycles. The largest absolute Gasteiger partial charge is 0.497 e. The summed E-state index contributed by atoms with van der Waals surface area (Å²) in [5, 5.41) is 0. The Labute approximate surface area is 133 Å². The summed E-state index contributed by atoms with van der Waals surface area (Å²) in [5.74, 6) is 0.0487. The van der Waals surface area contributed by atoms with Crippen molar-refractivity contribution in [3.8, 4) is 5.75 Å². The lowest BCUT2D eigenvalue weighted by molar-refractivity contribution is -0.126. The van der Waals surface area contributed by atoms with Crippen LogP contribution in [0.4, 0.5) is 0 Å². The Bertz CT molecular complexity index is 545. The standard InChI is InChI=1S/C13H14Br2N2O3/c1-12(7-13(12,14)15)11(19)17-16-10(18)8-3-5-9(20-2)6-4-8/h3-6H,7H2,1-2H3,(H,16,18)(H,17,19)/t12-/m1/s1. The van der Waals surface area contributed by atoms with E-state index in [9.17, 15) is 9.59 Å². The molecule has 1 fully saturated rings. The number of hydrogen-bond donors (Lipinski definition) is 2. The maximum Gasteiger partial charge on any atom is 0.269 e. The Balaban J connectivity index is 1.91. The van der Waals surface area contributed by atoms with E-state index in [1.165, 1.54) is 0 Å². The van der Waals surface area contributed by atoms with Crippen LogP contribution in [0.2, 0.25) is 0 Å². The van der Waals surface area contributed by atoms with Crippen LogP contribution in [0.1, 0.15) is 23.7 Å². The number of carbonyl (C=O) groups is 2. The van der Waals surface area contributed by atoms with Crippen LogP contribution in [0.15, 0.2) is 24.3 Å². The lowest BCUT2D eigenvalue weighted by Crippen LogP contribution is -2.45. The summed E-state index contributed by atoms with van der Waals surface area (Å²) < 4.78 is 4.62. The summed E-state index contributed by atoms with van der Waals surface area (Å²) in [5.41, 5.74) is 4.71. The molecule has 1 atom stereocenters. The smallest absolute Gasteiger partial charge is 0.269 e. The van der Waals surface area contributed by atoms with Gasteiger partial charge in [0, 0.05) is 5.56 Å². The third-order valence-corrected chi connectivity index (χ3v) is 5.71. The molecule has 2 rings (SSSR count). The SMILES string of the molecule is COc1ccc(C(=O)NNC(=O)[C@@]2(C)CC2(Br)Br)cc1. The summed E-state index contributed by atoms with van der Waals surface area (Å²) in [6.07, 6.45) is 0.657. The molecule has 0 aromatic heterocycles. The van der Waals surface area contributed by atoms with Crippen LogP contribution in [0, 0.1) is 5.41 Å². The summed E-state index contributed by atoms with van der Waals surface area (Å²) >= 11 is 6.81. The molecule has 2 amide bonds. The van der Waals surface area contributed by atoms with Crippen molar-refractivity contribution in [3.05, 3.63) is 29.8 Å². The summed E-state index contributed by atoms with van der Waals surface area (Å²) in [6.45, 7) is 1.81. The van der Waals surface area contributed by atoms with Crippen molar-refractivity contribution in [1.29, 1.82) is 0 Å². The highest BCUT2D eigenvalue weighted by Gasteiger charge is 2.66. The number of hydrogen-bond acceptors (Lipinski definition) is 3. The number of methoxy groups -OCH3 is 1. The van der Waals surface area contributed by atoms with Gasteiger partial charge in [-0.1, -0.05) is 31.9 Å². The fraction of sp³-hybridized carbons (Fsp3) is 0.385. The van der Waals surface area contributed by atoms with Gasteiger partial charge in [0.2, 0.25) is 5.91 Å². The first-order chi connectivity index (χ1) is 9.30. The highest BCUT2D eigenvalue weighted by atomic mass is 79.9. The maximum atomic E-state index is 12.0. The van der Waals surface area contributed by atoms with Gasteiger partial charge in [0.15, 0.2) is 0 Å². The zero-order chi connectivity index (χ0) is 15.0. The molecule has 0 saturated heterocycles. The van der Waals surface area contributed by atoms with Crippen LogP contribution < -0.4 is 15.6 Å². The van der Waals surface area contributed by atoms with E-state index in [1.807, 2.05) is 6.92 Å². The first kappa shape index (κ1) is 15.3. The molecule has 1 aromatic rings. The number of hydrazine groups is 1. The second-order valence-electron chi connectivity index (χ2n) is 4.85. The van der Waals surface area contributed by atoms with Crippen molar-refractivity contribution < 1.29 is 14.3 Å². The van der Waals surface area contributed by atoms with Crippen molar-refractivity contribution in [2.45, 2.75) is 16.6 Å². The minimum absolute atomic E-state index is 0.242. The van der Waals surface area contributed by atoms with E-state index < -0.39 is 5.41 Å². The van der Waals surface area contributed by atoms with E-state index in [0.29, 0.717) is 17.7 Å². The van der Waals surface area contributed by atoms with Gasteiger partial charge in [-0.2, -0.15) is 0 Å². The van der Waals surface area contributed by atoms with Gasteiger partial charge in [0.1, 0.15) is 5.75 Å². The Morgan fingerprint density at radius 1 is 1.20 bits per heavy atom. The molecule has 0 unspecified atom stereocenters. The van der Waals surface area contributed by atoms with Crippen LogP contribution in [-0.4, -0.2) is 22.2 Å². The third kappa shape index (κ3) is 2.83. The van der Waals surface area contributed by atoms with E-state index in [4.69, 9.17) is 4.74 Å². The Hall–Kier alpha value is -1.08. The number of amides is 2. The molecule has 1 aromatic carbocycles. The van der Waals surface area contributed by atoms with Crippen molar-refractivity contribution in [1.82, 2.24) is 10.9 Å². The van der Waals surface area contributed by atoms with E-state index >= 15 is 0 Å². The van der Waals surface area contributed by atoms with Gasteiger partial charge in [-0.05, 0) is 37.6 Å². The number of halogens is 2. The predicted octanol–water partition coefficient (Wildman–Crippen LogP) is 2.35. The van der Waals surface area contributed by atoms with Crippen LogP contribution in [0.5, 0.6) is 5.75 Å². The van der Waals surface area contributed by atoms with Gasteiger partial charge in [-0.3, -0.25) is 20.4 Å². The van der Waals surface area contributed by atoms with E-state index in [0.717, 1.165) is 0 Å². The molecule has 5 nitrogen and oxygen atoms in total. The van der Waals surface area contributed by atoms with Crippen molar-refractivity contribution in [2.75, 3.05) is 7.11 Å². The average molecular weight is 406 g/mol. The third-order valence-electron chi connectivity index (χ3n) is 3.40. The molecular formula is C13H14Br2N2O3. The quantitative estimate of drug-likeness (QED) is 0.599. The Kier molecular flexibility index (Phi) is 4.11. The number of benzene rings is 1. The van der Waals surface area contributed by atoms with Crippen molar-refractivity contribution in [2.24, 2.45) is 5.41 Å². The molecule has 0 spiro atoms. The first-order valence-corrected chi connectivity index (χ1v) is 7.51. The highest BCUT2D eigenvalue weighted by Crippen LogP contribution is 2.66. The maximum absolute atomic E-state index is 12.0. The molecule has 1 aliphatic rings. The zero-order valence-corrected chi connectivity index (χ0v) is 14.2. The van der Waals surface area contributed by atoms with Gasteiger partial charge >= 0.3 is 0 Å². The molecule has 0 bridgehead atoms. The molecule has 7 heteroatoms. The van der Waals surface area contributed by atoms with Gasteiger partial charge in [-0.15, -0.1) is 0 Å². The normalized spacial score (nSPS) is 22.8. The predicted molar refractivity (Wildman–Crippen MR) is 81.9 cm³/mol. The van der Waals surface area contributed by atoms with Crippen LogP contribution in [0.3, 0.4) is 0 Å². The number of nitrogens with one attached hydrogen (secondary N) is 2. The molecule has 20 heavy (non-hydrogen) atoms. The summed E-state index contributed by atoms with van der Waals surface area (Å²) in [7, 11) is 1.55. The molecule has 1 aliphatic carbocycles. The molecule has 0 aliphatic heterocycles. The van der Waals surface area contributed by atoms with Gasteiger partial charge in [-0.25, -0.2) is 0 Å². The lowest BCUT2D eigenvalue weighted by Gasteiger charge is -2.13. The second-order valence-corrected chi connectivity index (χ2v) is 8.62. The van der Waals surface area contributed by atoms with E-state index in [1.54, 1.807) is 31.4 Å².